The van der Waals surface area contributed by atoms with E-state index in [1.807, 2.05) is 31.2 Å². The molecular weight excluding hydrogens is 257 g/mol. The van der Waals surface area contributed by atoms with Gasteiger partial charge in [-0.05, 0) is 36.2 Å². The van der Waals surface area contributed by atoms with E-state index in [9.17, 15) is 9.18 Å². The second kappa shape index (κ2) is 6.19. The van der Waals surface area contributed by atoms with Crippen LogP contribution in [0.15, 0.2) is 48.5 Å². The van der Waals surface area contributed by atoms with Gasteiger partial charge in [0.2, 0.25) is 0 Å². The van der Waals surface area contributed by atoms with Crippen molar-refractivity contribution in [2.45, 2.75) is 13.0 Å². The minimum absolute atomic E-state index is 0.386. The second-order valence-corrected chi connectivity index (χ2v) is 4.47. The zero-order valence-corrected chi connectivity index (χ0v) is 11.4. The summed E-state index contributed by atoms with van der Waals surface area (Å²) >= 11 is 0. The molecule has 0 aromatic heterocycles. The van der Waals surface area contributed by atoms with E-state index in [1.165, 1.54) is 19.2 Å². The lowest BCUT2D eigenvalue weighted by Gasteiger charge is -2.19. The molecular formula is C16H16FNO2. The fourth-order valence-electron chi connectivity index (χ4n) is 1.97. The molecule has 2 aromatic carbocycles. The fraction of sp³-hybridized carbons (Fsp3) is 0.188. The zero-order chi connectivity index (χ0) is 14.5. The number of carbonyl (C=O) groups is 1. The Bertz CT molecular complexity index is 613. The number of aryl methyl sites for hydroxylation is 1. The van der Waals surface area contributed by atoms with Gasteiger partial charge in [-0.3, -0.25) is 0 Å². The second-order valence-electron chi connectivity index (χ2n) is 4.47. The highest BCUT2D eigenvalue weighted by atomic mass is 19.1. The van der Waals surface area contributed by atoms with Crippen molar-refractivity contribution in [1.29, 1.82) is 0 Å². The van der Waals surface area contributed by atoms with Crippen LogP contribution in [-0.2, 0) is 9.53 Å². The van der Waals surface area contributed by atoms with E-state index >= 15 is 0 Å². The summed E-state index contributed by atoms with van der Waals surface area (Å²) in [5.74, 6) is -0.846. The summed E-state index contributed by atoms with van der Waals surface area (Å²) in [6.07, 6.45) is 0. The van der Waals surface area contributed by atoms with Gasteiger partial charge in [0.1, 0.15) is 5.82 Å². The summed E-state index contributed by atoms with van der Waals surface area (Å²) < 4.78 is 18.1. The minimum Gasteiger partial charge on any atom is -0.467 e. The Hall–Kier alpha value is -2.36. The monoisotopic (exact) mass is 273 g/mol. The van der Waals surface area contributed by atoms with Crippen molar-refractivity contribution in [2.75, 3.05) is 12.4 Å². The molecule has 20 heavy (non-hydrogen) atoms. The molecule has 4 heteroatoms. The largest absolute Gasteiger partial charge is 0.467 e. The summed E-state index contributed by atoms with van der Waals surface area (Å²) in [7, 11) is 1.31. The predicted octanol–water partition coefficient (Wildman–Crippen LogP) is 3.46. The van der Waals surface area contributed by atoms with Crippen LogP contribution in [0.5, 0.6) is 0 Å². The molecule has 0 aliphatic carbocycles. The van der Waals surface area contributed by atoms with Gasteiger partial charge in [0.25, 0.3) is 0 Å². The van der Waals surface area contributed by atoms with E-state index in [4.69, 9.17) is 4.74 Å². The van der Waals surface area contributed by atoms with Crippen molar-refractivity contribution in [3.8, 4) is 0 Å². The third-order valence-electron chi connectivity index (χ3n) is 3.06. The molecule has 0 bridgehead atoms. The smallest absolute Gasteiger partial charge is 0.332 e. The molecule has 0 aliphatic heterocycles. The van der Waals surface area contributed by atoms with Crippen LogP contribution in [0.4, 0.5) is 10.1 Å². The molecule has 1 unspecified atom stereocenters. The first kappa shape index (κ1) is 14.1. The van der Waals surface area contributed by atoms with Crippen LogP contribution in [-0.4, -0.2) is 13.1 Å². The lowest BCUT2D eigenvalue weighted by atomic mass is 10.1. The summed E-state index contributed by atoms with van der Waals surface area (Å²) in [4.78, 5) is 11.9. The summed E-state index contributed by atoms with van der Waals surface area (Å²) in [6, 6.07) is 12.8. The Morgan fingerprint density at radius 3 is 2.60 bits per heavy atom. The van der Waals surface area contributed by atoms with Crippen LogP contribution in [0, 0.1) is 12.7 Å². The third kappa shape index (κ3) is 3.15. The van der Waals surface area contributed by atoms with Gasteiger partial charge in [0.15, 0.2) is 6.04 Å². The van der Waals surface area contributed by atoms with E-state index in [0.717, 1.165) is 11.3 Å². The number of hydrogen-bond donors (Lipinski definition) is 1. The average Bonchev–Trinajstić information content (AvgIpc) is 2.45. The van der Waals surface area contributed by atoms with Gasteiger partial charge in [0, 0.05) is 5.69 Å². The molecule has 3 nitrogen and oxygen atoms in total. The number of halogens is 1. The molecule has 0 heterocycles. The Balaban J connectivity index is 2.34. The summed E-state index contributed by atoms with van der Waals surface area (Å²) in [5.41, 5.74) is 2.34. The van der Waals surface area contributed by atoms with E-state index in [0.29, 0.717) is 5.56 Å². The SMILES string of the molecule is COC(=O)C(Nc1ccccc1C)c1cccc(F)c1. The number of esters is 1. The number of para-hydroxylation sites is 1. The number of anilines is 1. The highest BCUT2D eigenvalue weighted by Gasteiger charge is 2.22. The van der Waals surface area contributed by atoms with Crippen molar-refractivity contribution < 1.29 is 13.9 Å². The van der Waals surface area contributed by atoms with Crippen molar-refractivity contribution in [1.82, 2.24) is 0 Å². The number of nitrogens with one attached hydrogen (secondary N) is 1. The van der Waals surface area contributed by atoms with E-state index in [-0.39, 0.29) is 5.82 Å². The average molecular weight is 273 g/mol. The molecule has 0 aliphatic rings. The molecule has 0 amide bonds. The minimum atomic E-state index is -0.739. The summed E-state index contributed by atoms with van der Waals surface area (Å²) in [6.45, 7) is 1.93. The van der Waals surface area contributed by atoms with Crippen LogP contribution in [0.3, 0.4) is 0 Å². The van der Waals surface area contributed by atoms with Crippen LogP contribution in [0.2, 0.25) is 0 Å². The highest BCUT2D eigenvalue weighted by Crippen LogP contribution is 2.23. The van der Waals surface area contributed by atoms with Crippen LogP contribution >= 0.6 is 0 Å². The van der Waals surface area contributed by atoms with Crippen molar-refractivity contribution in [2.24, 2.45) is 0 Å². The van der Waals surface area contributed by atoms with Gasteiger partial charge in [-0.25, -0.2) is 9.18 Å². The van der Waals surface area contributed by atoms with Gasteiger partial charge in [-0.1, -0.05) is 30.3 Å². The zero-order valence-electron chi connectivity index (χ0n) is 11.4. The molecule has 0 spiro atoms. The van der Waals surface area contributed by atoms with Crippen LogP contribution in [0.25, 0.3) is 0 Å². The van der Waals surface area contributed by atoms with Gasteiger partial charge < -0.3 is 10.1 Å². The Morgan fingerprint density at radius 1 is 1.20 bits per heavy atom. The van der Waals surface area contributed by atoms with Gasteiger partial charge in [-0.2, -0.15) is 0 Å². The Kier molecular flexibility index (Phi) is 4.35. The number of benzene rings is 2. The Labute approximate surface area is 117 Å². The lowest BCUT2D eigenvalue weighted by Crippen LogP contribution is -2.22. The first-order valence-corrected chi connectivity index (χ1v) is 6.27. The number of methoxy groups -OCH3 is 1. The first-order valence-electron chi connectivity index (χ1n) is 6.27. The van der Waals surface area contributed by atoms with E-state index in [1.54, 1.807) is 12.1 Å². The molecule has 2 aromatic rings. The normalized spacial score (nSPS) is 11.8. The van der Waals surface area contributed by atoms with Crippen LogP contribution in [0.1, 0.15) is 17.2 Å². The quantitative estimate of drug-likeness (QED) is 0.867. The Morgan fingerprint density at radius 2 is 1.95 bits per heavy atom. The fourth-order valence-corrected chi connectivity index (χ4v) is 1.97. The van der Waals surface area contributed by atoms with Gasteiger partial charge in [-0.15, -0.1) is 0 Å². The lowest BCUT2D eigenvalue weighted by molar-refractivity contribution is -0.141. The predicted molar refractivity (Wildman–Crippen MR) is 76.0 cm³/mol. The number of carbonyl (C=O) groups excluding carboxylic acids is 1. The first-order chi connectivity index (χ1) is 9.61. The molecule has 0 saturated carbocycles. The molecule has 0 saturated heterocycles. The maximum absolute atomic E-state index is 13.3. The van der Waals surface area contributed by atoms with Crippen molar-refractivity contribution >= 4 is 11.7 Å². The van der Waals surface area contributed by atoms with E-state index < -0.39 is 12.0 Å². The molecule has 104 valence electrons. The standard InChI is InChI=1S/C16H16FNO2/c1-11-6-3-4-9-14(11)18-15(16(19)20-2)12-7-5-8-13(17)10-12/h3-10,15,18H,1-2H3. The van der Waals surface area contributed by atoms with Crippen molar-refractivity contribution in [3.63, 3.8) is 0 Å². The van der Waals surface area contributed by atoms with Crippen LogP contribution < -0.4 is 5.32 Å². The number of rotatable bonds is 4. The maximum Gasteiger partial charge on any atom is 0.332 e. The number of hydrogen-bond acceptors (Lipinski definition) is 3. The summed E-state index contributed by atoms with van der Waals surface area (Å²) in [5, 5.41) is 3.10. The van der Waals surface area contributed by atoms with Crippen molar-refractivity contribution in [3.05, 3.63) is 65.5 Å². The third-order valence-corrected chi connectivity index (χ3v) is 3.06. The highest BCUT2D eigenvalue weighted by molar-refractivity contribution is 5.81. The topological polar surface area (TPSA) is 38.3 Å². The molecule has 0 fully saturated rings. The number of ether oxygens (including phenoxy) is 1. The maximum atomic E-state index is 13.3. The molecule has 0 radical (unpaired) electrons. The van der Waals surface area contributed by atoms with Gasteiger partial charge >= 0.3 is 5.97 Å². The van der Waals surface area contributed by atoms with Gasteiger partial charge in [0.05, 0.1) is 7.11 Å². The molecule has 2 rings (SSSR count). The molecule has 1 N–H and O–H groups in total. The van der Waals surface area contributed by atoms with E-state index in [2.05, 4.69) is 5.32 Å². The molecule has 1 atom stereocenters.